The topological polar surface area (TPSA) is 58.6 Å². The average Bonchev–Trinajstić information content (AvgIpc) is 2.34. The number of carbonyl (C=O) groups excluding carboxylic acids is 1. The largest absolute Gasteiger partial charge is 0.483 e. The molecule has 0 spiro atoms. The van der Waals surface area contributed by atoms with Crippen molar-refractivity contribution >= 4 is 5.91 Å². The van der Waals surface area contributed by atoms with E-state index in [1.807, 2.05) is 39.8 Å². The lowest BCUT2D eigenvalue weighted by molar-refractivity contribution is -0.123. The summed E-state index contributed by atoms with van der Waals surface area (Å²) in [5.74, 6) is 0.669. The summed E-state index contributed by atoms with van der Waals surface area (Å²) in [7, 11) is 0. The molecule has 1 amide bonds. The van der Waals surface area contributed by atoms with Crippen LogP contribution in [0.4, 0.5) is 0 Å². The number of hydrogen-bond donors (Lipinski definition) is 2. The van der Waals surface area contributed by atoms with Crippen LogP contribution in [0.1, 0.15) is 23.6 Å². The summed E-state index contributed by atoms with van der Waals surface area (Å²) in [6, 6.07) is 4.07. The molecule has 19 heavy (non-hydrogen) atoms. The molecule has 1 aromatic carbocycles. The van der Waals surface area contributed by atoms with Crippen LogP contribution in [0.15, 0.2) is 12.1 Å². The number of amides is 1. The Morgan fingerprint density at radius 2 is 1.89 bits per heavy atom. The molecule has 1 unspecified atom stereocenters. The predicted octanol–water partition coefficient (Wildman–Crippen LogP) is 1.74. The molecule has 0 heterocycles. The van der Waals surface area contributed by atoms with Crippen molar-refractivity contribution in [2.45, 2.75) is 27.7 Å². The van der Waals surface area contributed by atoms with Crippen LogP contribution in [0.5, 0.6) is 5.75 Å². The van der Waals surface area contributed by atoms with Gasteiger partial charge in [0, 0.05) is 13.2 Å². The molecule has 106 valence electrons. The molecule has 0 bridgehead atoms. The Kier molecular flexibility index (Phi) is 5.83. The van der Waals surface area contributed by atoms with E-state index in [4.69, 9.17) is 9.84 Å². The maximum Gasteiger partial charge on any atom is 0.257 e. The van der Waals surface area contributed by atoms with E-state index >= 15 is 0 Å². The molecule has 4 nitrogen and oxygen atoms in total. The highest BCUT2D eigenvalue weighted by Gasteiger charge is 2.09. The first-order chi connectivity index (χ1) is 8.93. The van der Waals surface area contributed by atoms with E-state index in [1.54, 1.807) is 0 Å². The van der Waals surface area contributed by atoms with Crippen molar-refractivity contribution in [1.82, 2.24) is 5.32 Å². The second-order valence-electron chi connectivity index (χ2n) is 5.11. The molecule has 2 N–H and O–H groups in total. The Bertz CT molecular complexity index is 420. The van der Waals surface area contributed by atoms with Crippen LogP contribution in [-0.4, -0.2) is 30.8 Å². The number of aliphatic hydroxyl groups excluding tert-OH is 1. The minimum absolute atomic E-state index is 0.00287. The molecule has 0 saturated carbocycles. The van der Waals surface area contributed by atoms with Crippen molar-refractivity contribution in [3.05, 3.63) is 28.8 Å². The zero-order valence-electron chi connectivity index (χ0n) is 12.1. The van der Waals surface area contributed by atoms with Gasteiger partial charge >= 0.3 is 0 Å². The summed E-state index contributed by atoms with van der Waals surface area (Å²) in [5.41, 5.74) is 3.26. The van der Waals surface area contributed by atoms with E-state index in [-0.39, 0.29) is 25.0 Å². The average molecular weight is 265 g/mol. The third-order valence-corrected chi connectivity index (χ3v) is 2.91. The lowest BCUT2D eigenvalue weighted by Gasteiger charge is -2.14. The first kappa shape index (κ1) is 15.5. The smallest absolute Gasteiger partial charge is 0.257 e. The number of aryl methyl sites for hydroxylation is 3. The summed E-state index contributed by atoms with van der Waals surface area (Å²) < 4.78 is 5.58. The number of rotatable bonds is 6. The Hall–Kier alpha value is -1.55. The quantitative estimate of drug-likeness (QED) is 0.823. The van der Waals surface area contributed by atoms with Gasteiger partial charge in [-0.1, -0.05) is 24.6 Å². The number of ether oxygens (including phenoxy) is 1. The van der Waals surface area contributed by atoms with Gasteiger partial charge in [0.25, 0.3) is 5.91 Å². The molecule has 0 radical (unpaired) electrons. The van der Waals surface area contributed by atoms with E-state index < -0.39 is 0 Å². The van der Waals surface area contributed by atoms with Gasteiger partial charge in [-0.3, -0.25) is 4.79 Å². The molecular formula is C15H23NO3. The predicted molar refractivity (Wildman–Crippen MR) is 75.4 cm³/mol. The van der Waals surface area contributed by atoms with E-state index in [9.17, 15) is 4.79 Å². The summed E-state index contributed by atoms with van der Waals surface area (Å²) in [6.07, 6.45) is 0. The van der Waals surface area contributed by atoms with Gasteiger partial charge in [-0.05, 0) is 37.8 Å². The van der Waals surface area contributed by atoms with Crippen molar-refractivity contribution in [1.29, 1.82) is 0 Å². The summed E-state index contributed by atoms with van der Waals surface area (Å²) >= 11 is 0. The van der Waals surface area contributed by atoms with Crippen molar-refractivity contribution in [3.63, 3.8) is 0 Å². The highest BCUT2D eigenvalue weighted by molar-refractivity contribution is 5.77. The van der Waals surface area contributed by atoms with Crippen LogP contribution in [0, 0.1) is 26.7 Å². The van der Waals surface area contributed by atoms with Crippen molar-refractivity contribution in [2.24, 2.45) is 5.92 Å². The summed E-state index contributed by atoms with van der Waals surface area (Å²) in [4.78, 5) is 11.6. The van der Waals surface area contributed by atoms with Crippen LogP contribution < -0.4 is 10.1 Å². The van der Waals surface area contributed by atoms with Gasteiger partial charge in [0.1, 0.15) is 5.75 Å². The molecule has 1 aromatic rings. The lowest BCUT2D eigenvalue weighted by atomic mass is 10.1. The van der Waals surface area contributed by atoms with Gasteiger partial charge in [-0.2, -0.15) is 0 Å². The zero-order chi connectivity index (χ0) is 14.4. The van der Waals surface area contributed by atoms with Gasteiger partial charge in [0.2, 0.25) is 0 Å². The first-order valence-corrected chi connectivity index (χ1v) is 6.52. The maximum absolute atomic E-state index is 11.6. The van der Waals surface area contributed by atoms with Crippen LogP contribution in [-0.2, 0) is 4.79 Å². The number of nitrogens with one attached hydrogen (secondary N) is 1. The second-order valence-corrected chi connectivity index (χ2v) is 5.11. The third kappa shape index (κ3) is 4.91. The van der Waals surface area contributed by atoms with Gasteiger partial charge in [-0.15, -0.1) is 0 Å². The van der Waals surface area contributed by atoms with Gasteiger partial charge < -0.3 is 15.2 Å². The first-order valence-electron chi connectivity index (χ1n) is 6.52. The second kappa shape index (κ2) is 7.14. The van der Waals surface area contributed by atoms with E-state index in [0.29, 0.717) is 6.54 Å². The molecule has 0 saturated heterocycles. The minimum atomic E-state index is -0.167. The normalized spacial score (nSPS) is 12.1. The molecule has 1 rings (SSSR count). The molecule has 0 aromatic heterocycles. The lowest BCUT2D eigenvalue weighted by Crippen LogP contribution is -2.33. The molecule has 0 aliphatic heterocycles. The SMILES string of the molecule is Cc1cc(C)c(OCC(=O)NCC(C)CO)c(C)c1. The van der Waals surface area contributed by atoms with Crippen LogP contribution in [0.3, 0.4) is 0 Å². The third-order valence-electron chi connectivity index (χ3n) is 2.91. The number of aliphatic hydroxyl groups is 1. The highest BCUT2D eigenvalue weighted by atomic mass is 16.5. The fourth-order valence-corrected chi connectivity index (χ4v) is 1.94. The van der Waals surface area contributed by atoms with E-state index in [0.717, 1.165) is 16.9 Å². The van der Waals surface area contributed by atoms with Crippen molar-refractivity contribution in [3.8, 4) is 5.75 Å². The molecule has 1 atom stereocenters. The van der Waals surface area contributed by atoms with Crippen molar-refractivity contribution in [2.75, 3.05) is 19.8 Å². The fourth-order valence-electron chi connectivity index (χ4n) is 1.94. The number of benzene rings is 1. The molecule has 0 aliphatic carbocycles. The highest BCUT2D eigenvalue weighted by Crippen LogP contribution is 2.24. The van der Waals surface area contributed by atoms with Crippen molar-refractivity contribution < 1.29 is 14.6 Å². The number of carbonyl (C=O) groups is 1. The molecule has 0 aliphatic rings. The Morgan fingerprint density at radius 1 is 1.32 bits per heavy atom. The Labute approximate surface area is 114 Å². The fraction of sp³-hybridized carbons (Fsp3) is 0.533. The van der Waals surface area contributed by atoms with Gasteiger partial charge in [0.05, 0.1) is 0 Å². The summed E-state index contributed by atoms with van der Waals surface area (Å²) in [6.45, 7) is 8.38. The Balaban J connectivity index is 2.51. The molecule has 4 heteroatoms. The van der Waals surface area contributed by atoms with Gasteiger partial charge in [-0.25, -0.2) is 0 Å². The number of hydrogen-bond acceptors (Lipinski definition) is 3. The standard InChI is InChI=1S/C15H23NO3/c1-10-5-12(3)15(13(4)6-10)19-9-14(18)16-7-11(2)8-17/h5-6,11,17H,7-9H2,1-4H3,(H,16,18). The monoisotopic (exact) mass is 265 g/mol. The molecule has 0 fully saturated rings. The van der Waals surface area contributed by atoms with Crippen LogP contribution >= 0.6 is 0 Å². The van der Waals surface area contributed by atoms with Crippen LogP contribution in [0.2, 0.25) is 0 Å². The summed E-state index contributed by atoms with van der Waals surface area (Å²) in [5, 5.41) is 11.6. The molecular weight excluding hydrogens is 242 g/mol. The minimum Gasteiger partial charge on any atom is -0.483 e. The van der Waals surface area contributed by atoms with Crippen LogP contribution in [0.25, 0.3) is 0 Å². The van der Waals surface area contributed by atoms with E-state index in [1.165, 1.54) is 5.56 Å². The Morgan fingerprint density at radius 3 is 2.42 bits per heavy atom. The maximum atomic E-state index is 11.6. The zero-order valence-corrected chi connectivity index (χ0v) is 12.1. The van der Waals surface area contributed by atoms with Gasteiger partial charge in [0.15, 0.2) is 6.61 Å². The van der Waals surface area contributed by atoms with E-state index in [2.05, 4.69) is 5.32 Å².